The molecule has 0 amide bonds. The van der Waals surface area contributed by atoms with Crippen molar-refractivity contribution < 1.29 is 0 Å². The van der Waals surface area contributed by atoms with E-state index in [1.165, 1.54) is 5.69 Å². The van der Waals surface area contributed by atoms with Crippen LogP contribution in [0, 0.1) is 5.41 Å². The van der Waals surface area contributed by atoms with Gasteiger partial charge in [0.1, 0.15) is 0 Å². The lowest BCUT2D eigenvalue weighted by atomic mass is 10.00. The first kappa shape index (κ1) is 16.8. The maximum absolute atomic E-state index is 8.52. The van der Waals surface area contributed by atoms with Crippen LogP contribution in [-0.2, 0) is 0 Å². The van der Waals surface area contributed by atoms with Gasteiger partial charge >= 0.3 is 0 Å². The molecule has 0 aromatic heterocycles. The van der Waals surface area contributed by atoms with E-state index >= 15 is 0 Å². The molecule has 0 atom stereocenters. The van der Waals surface area contributed by atoms with Crippen LogP contribution in [0.4, 0.5) is 5.69 Å². The molecular formula is C20H23N3S. The molecule has 1 aliphatic heterocycles. The standard InChI is InChI=1S/C20H23N3S/c1-3-15-4-9-19(24)18(14-15)20(21)16-5-7-17(8-6-16)23-12-10-22(2)11-13-23/h3-9,14,21,24H,1,10-13H2,2H3. The highest BCUT2D eigenvalue weighted by molar-refractivity contribution is 7.80. The van der Waals surface area contributed by atoms with Crippen molar-refractivity contribution in [2.45, 2.75) is 4.90 Å². The third kappa shape index (κ3) is 3.55. The molecule has 2 aromatic rings. The second-order valence-electron chi connectivity index (χ2n) is 6.19. The number of nitrogens with zero attached hydrogens (tertiary/aromatic N) is 2. The van der Waals surface area contributed by atoms with Gasteiger partial charge in [-0.25, -0.2) is 0 Å². The van der Waals surface area contributed by atoms with Crippen molar-refractivity contribution in [3.8, 4) is 0 Å². The van der Waals surface area contributed by atoms with Gasteiger partial charge in [-0.15, -0.1) is 12.6 Å². The largest absolute Gasteiger partial charge is 0.369 e. The van der Waals surface area contributed by atoms with Gasteiger partial charge in [0, 0.05) is 47.9 Å². The van der Waals surface area contributed by atoms with Gasteiger partial charge in [0.25, 0.3) is 0 Å². The number of thiol groups is 1. The third-order valence-corrected chi connectivity index (χ3v) is 4.94. The number of rotatable bonds is 4. The summed E-state index contributed by atoms with van der Waals surface area (Å²) in [6, 6.07) is 14.1. The first-order valence-corrected chi connectivity index (χ1v) is 8.61. The lowest BCUT2D eigenvalue weighted by molar-refractivity contribution is 0.313. The van der Waals surface area contributed by atoms with Crippen LogP contribution in [0.1, 0.15) is 16.7 Å². The summed E-state index contributed by atoms with van der Waals surface area (Å²) in [4.78, 5) is 5.56. The summed E-state index contributed by atoms with van der Waals surface area (Å²) in [7, 11) is 2.16. The van der Waals surface area contributed by atoms with Crippen LogP contribution in [0.3, 0.4) is 0 Å². The Bertz CT molecular complexity index is 744. The second-order valence-corrected chi connectivity index (χ2v) is 6.67. The lowest BCUT2D eigenvalue weighted by Gasteiger charge is -2.34. The summed E-state index contributed by atoms with van der Waals surface area (Å²) >= 11 is 4.50. The molecule has 0 aliphatic carbocycles. The van der Waals surface area contributed by atoms with E-state index < -0.39 is 0 Å². The monoisotopic (exact) mass is 337 g/mol. The zero-order chi connectivity index (χ0) is 17.1. The smallest absolute Gasteiger partial charge is 0.0695 e. The summed E-state index contributed by atoms with van der Waals surface area (Å²) in [5.41, 5.74) is 4.47. The normalized spacial score (nSPS) is 15.3. The van der Waals surface area contributed by atoms with Gasteiger partial charge in [0.05, 0.1) is 5.71 Å². The maximum atomic E-state index is 8.52. The Morgan fingerprint density at radius 1 is 1.08 bits per heavy atom. The zero-order valence-corrected chi connectivity index (χ0v) is 14.9. The molecule has 124 valence electrons. The van der Waals surface area contributed by atoms with Crippen molar-refractivity contribution in [2.24, 2.45) is 0 Å². The molecule has 0 spiro atoms. The number of benzene rings is 2. The van der Waals surface area contributed by atoms with Crippen molar-refractivity contribution >= 4 is 30.1 Å². The summed E-state index contributed by atoms with van der Waals surface area (Å²) in [6.07, 6.45) is 1.79. The quantitative estimate of drug-likeness (QED) is 0.657. The summed E-state index contributed by atoms with van der Waals surface area (Å²) < 4.78 is 0. The van der Waals surface area contributed by atoms with Crippen LogP contribution in [-0.4, -0.2) is 43.8 Å². The molecule has 1 saturated heterocycles. The number of hydrogen-bond donors (Lipinski definition) is 2. The van der Waals surface area contributed by atoms with Gasteiger partial charge in [0.2, 0.25) is 0 Å². The predicted molar refractivity (Wildman–Crippen MR) is 106 cm³/mol. The highest BCUT2D eigenvalue weighted by Gasteiger charge is 2.15. The number of hydrogen-bond acceptors (Lipinski definition) is 4. The van der Waals surface area contributed by atoms with Crippen LogP contribution in [0.5, 0.6) is 0 Å². The molecule has 0 bridgehead atoms. The van der Waals surface area contributed by atoms with E-state index in [-0.39, 0.29) is 0 Å². The predicted octanol–water partition coefficient (Wildman–Crippen LogP) is 3.79. The SMILES string of the molecule is C=Cc1ccc(S)c(C(=N)c2ccc(N3CCN(C)CC3)cc2)c1. The van der Waals surface area contributed by atoms with Gasteiger partial charge in [0.15, 0.2) is 0 Å². The molecule has 4 heteroatoms. The molecule has 3 rings (SSSR count). The maximum Gasteiger partial charge on any atom is 0.0695 e. The van der Waals surface area contributed by atoms with E-state index in [9.17, 15) is 0 Å². The topological polar surface area (TPSA) is 30.3 Å². The molecule has 1 fully saturated rings. The average Bonchev–Trinajstić information content (AvgIpc) is 2.62. The number of anilines is 1. The fourth-order valence-corrected chi connectivity index (χ4v) is 3.19. The first-order chi connectivity index (χ1) is 11.6. The minimum atomic E-state index is 0.494. The summed E-state index contributed by atoms with van der Waals surface area (Å²) in [6.45, 7) is 8.08. The molecule has 1 aliphatic rings. The van der Waals surface area contributed by atoms with Crippen molar-refractivity contribution in [1.29, 1.82) is 5.41 Å². The molecule has 1 heterocycles. The van der Waals surface area contributed by atoms with Crippen molar-refractivity contribution in [1.82, 2.24) is 4.90 Å². The fraction of sp³-hybridized carbons (Fsp3) is 0.250. The van der Waals surface area contributed by atoms with Crippen LogP contribution >= 0.6 is 12.6 Å². The van der Waals surface area contributed by atoms with Gasteiger partial charge in [-0.3, -0.25) is 5.41 Å². The summed E-state index contributed by atoms with van der Waals surface area (Å²) in [5, 5.41) is 8.52. The van der Waals surface area contributed by atoms with E-state index in [1.807, 2.05) is 30.3 Å². The van der Waals surface area contributed by atoms with Crippen LogP contribution in [0.15, 0.2) is 53.9 Å². The van der Waals surface area contributed by atoms with Gasteiger partial charge in [-0.2, -0.15) is 0 Å². The molecule has 1 N–H and O–H groups in total. The Morgan fingerprint density at radius 3 is 2.38 bits per heavy atom. The Morgan fingerprint density at radius 2 is 1.75 bits per heavy atom. The molecule has 2 aromatic carbocycles. The Labute approximate surface area is 149 Å². The Hall–Kier alpha value is -2.04. The van der Waals surface area contributed by atoms with E-state index in [1.54, 1.807) is 6.08 Å². The highest BCUT2D eigenvalue weighted by atomic mass is 32.1. The van der Waals surface area contributed by atoms with Crippen molar-refractivity contribution in [3.63, 3.8) is 0 Å². The van der Waals surface area contributed by atoms with E-state index in [2.05, 4.69) is 48.2 Å². The first-order valence-electron chi connectivity index (χ1n) is 8.17. The van der Waals surface area contributed by atoms with Gasteiger partial charge in [-0.1, -0.05) is 30.9 Å². The third-order valence-electron chi connectivity index (χ3n) is 4.55. The summed E-state index contributed by atoms with van der Waals surface area (Å²) in [5.74, 6) is 0. The number of piperazine rings is 1. The van der Waals surface area contributed by atoms with E-state index in [0.717, 1.165) is 47.8 Å². The minimum Gasteiger partial charge on any atom is -0.369 e. The lowest BCUT2D eigenvalue weighted by Crippen LogP contribution is -2.44. The van der Waals surface area contributed by atoms with Gasteiger partial charge in [-0.05, 0) is 36.9 Å². The second kappa shape index (κ2) is 7.24. The fourth-order valence-electron chi connectivity index (χ4n) is 2.94. The minimum absolute atomic E-state index is 0.494. The van der Waals surface area contributed by atoms with E-state index in [0.29, 0.717) is 5.71 Å². The van der Waals surface area contributed by atoms with Gasteiger partial charge < -0.3 is 9.80 Å². The molecule has 0 unspecified atom stereocenters. The van der Waals surface area contributed by atoms with Crippen LogP contribution < -0.4 is 4.90 Å². The Kier molecular flexibility index (Phi) is 5.07. The molecule has 3 nitrogen and oxygen atoms in total. The number of nitrogens with one attached hydrogen (secondary N) is 1. The highest BCUT2D eigenvalue weighted by Crippen LogP contribution is 2.22. The molecule has 24 heavy (non-hydrogen) atoms. The van der Waals surface area contributed by atoms with E-state index in [4.69, 9.17) is 5.41 Å². The van der Waals surface area contributed by atoms with Crippen LogP contribution in [0.25, 0.3) is 6.08 Å². The molecular weight excluding hydrogens is 314 g/mol. The van der Waals surface area contributed by atoms with Crippen LogP contribution in [0.2, 0.25) is 0 Å². The Balaban J connectivity index is 1.80. The average molecular weight is 337 g/mol. The van der Waals surface area contributed by atoms with Crippen molar-refractivity contribution in [2.75, 3.05) is 38.1 Å². The number of likely N-dealkylation sites (N-methyl/N-ethyl adjacent to an activating group) is 1. The molecule has 0 radical (unpaired) electrons. The molecule has 0 saturated carbocycles. The zero-order valence-electron chi connectivity index (χ0n) is 14.0. The van der Waals surface area contributed by atoms with Crippen molar-refractivity contribution in [3.05, 3.63) is 65.7 Å².